The molecule has 0 saturated carbocycles. The number of rotatable bonds is 4. The minimum absolute atomic E-state index is 0.151. The van der Waals surface area contributed by atoms with E-state index in [1.807, 2.05) is 43.5 Å². The van der Waals surface area contributed by atoms with E-state index in [1.54, 1.807) is 6.07 Å². The van der Waals surface area contributed by atoms with Crippen LogP contribution in [0.3, 0.4) is 0 Å². The van der Waals surface area contributed by atoms with E-state index in [2.05, 4.69) is 20.3 Å². The van der Waals surface area contributed by atoms with Crippen molar-refractivity contribution in [3.05, 3.63) is 58.6 Å². The number of carbonyl (C=O) groups excluding carboxylic acids is 1. The molecule has 1 fully saturated rings. The summed E-state index contributed by atoms with van der Waals surface area (Å²) in [6.45, 7) is 4.46. The second-order valence-corrected chi connectivity index (χ2v) is 6.67. The zero-order valence-corrected chi connectivity index (χ0v) is 15.6. The molecule has 0 bridgehead atoms. The van der Waals surface area contributed by atoms with Gasteiger partial charge in [0.1, 0.15) is 25.3 Å². The van der Waals surface area contributed by atoms with Gasteiger partial charge in [0.25, 0.3) is 11.4 Å². The Kier molecular flexibility index (Phi) is 5.03. The van der Waals surface area contributed by atoms with Crippen LogP contribution in [0.2, 0.25) is 0 Å². The molecule has 1 aliphatic rings. The number of amides is 1. The normalized spacial score (nSPS) is 14.2. The summed E-state index contributed by atoms with van der Waals surface area (Å²) in [6.07, 6.45) is 1.82. The molecule has 2 N–H and O–H groups in total. The Morgan fingerprint density at radius 3 is 2.71 bits per heavy atom. The van der Waals surface area contributed by atoms with Gasteiger partial charge in [-0.15, -0.1) is 0 Å². The Hall–Kier alpha value is -3.26. The largest absolute Gasteiger partial charge is 0.373 e. The lowest BCUT2D eigenvalue weighted by atomic mass is 10.1. The van der Waals surface area contributed by atoms with Crippen molar-refractivity contribution < 1.29 is 14.5 Å². The lowest BCUT2D eigenvalue weighted by molar-refractivity contribution is -0.363. The molecule has 8 nitrogen and oxygen atoms in total. The molecule has 0 aliphatic carbocycles. The van der Waals surface area contributed by atoms with Crippen molar-refractivity contribution in [1.29, 1.82) is 0 Å². The Balaban J connectivity index is 1.57. The Morgan fingerprint density at radius 2 is 1.93 bits per heavy atom. The second-order valence-electron chi connectivity index (χ2n) is 6.67. The SMILES string of the molecule is Cc1nn(CC(=O)Nc2ccc[nH+]c2N2CCOCC2)c(=O)c2ccccc12. The number of morpholine rings is 1. The topological polar surface area (TPSA) is 90.6 Å². The van der Waals surface area contributed by atoms with Crippen molar-refractivity contribution in [2.75, 3.05) is 36.5 Å². The van der Waals surface area contributed by atoms with Crippen LogP contribution < -0.4 is 20.8 Å². The third kappa shape index (κ3) is 3.59. The third-order valence-corrected chi connectivity index (χ3v) is 4.78. The molecule has 3 aromatic rings. The van der Waals surface area contributed by atoms with Gasteiger partial charge in [-0.1, -0.05) is 18.2 Å². The van der Waals surface area contributed by atoms with Gasteiger partial charge in [0.2, 0.25) is 5.91 Å². The number of aryl methyl sites for hydroxylation is 1. The maximum atomic E-state index is 12.7. The van der Waals surface area contributed by atoms with Crippen LogP contribution in [0.1, 0.15) is 5.69 Å². The van der Waals surface area contributed by atoms with Gasteiger partial charge in [0, 0.05) is 5.39 Å². The first-order chi connectivity index (χ1) is 13.6. The highest BCUT2D eigenvalue weighted by molar-refractivity contribution is 5.93. The summed E-state index contributed by atoms with van der Waals surface area (Å²) in [6, 6.07) is 10.9. The van der Waals surface area contributed by atoms with Crippen molar-refractivity contribution in [3.8, 4) is 0 Å². The fraction of sp³-hybridized carbons (Fsp3) is 0.300. The van der Waals surface area contributed by atoms with Gasteiger partial charge < -0.3 is 10.1 Å². The number of H-pyrrole nitrogens is 1. The Labute approximate surface area is 161 Å². The lowest BCUT2D eigenvalue weighted by Gasteiger charge is -2.22. The number of aromatic amines is 1. The van der Waals surface area contributed by atoms with E-state index >= 15 is 0 Å². The van der Waals surface area contributed by atoms with Crippen LogP contribution in [-0.4, -0.2) is 42.0 Å². The lowest BCUT2D eigenvalue weighted by Crippen LogP contribution is -2.40. The summed E-state index contributed by atoms with van der Waals surface area (Å²) in [7, 11) is 0. The smallest absolute Gasteiger partial charge is 0.298 e. The van der Waals surface area contributed by atoms with E-state index in [0.29, 0.717) is 30.0 Å². The third-order valence-electron chi connectivity index (χ3n) is 4.78. The summed E-state index contributed by atoms with van der Waals surface area (Å²) in [5.74, 6) is 0.521. The molecule has 1 saturated heterocycles. The van der Waals surface area contributed by atoms with E-state index in [1.165, 1.54) is 4.68 Å². The highest BCUT2D eigenvalue weighted by Crippen LogP contribution is 2.20. The zero-order valence-electron chi connectivity index (χ0n) is 15.6. The molecule has 3 heterocycles. The van der Waals surface area contributed by atoms with Gasteiger partial charge in [-0.3, -0.25) is 14.5 Å². The highest BCUT2D eigenvalue weighted by atomic mass is 16.5. The molecular weight excluding hydrogens is 358 g/mol. The molecule has 0 spiro atoms. The molecule has 144 valence electrons. The molecule has 4 rings (SSSR count). The maximum absolute atomic E-state index is 12.7. The molecule has 2 aromatic heterocycles. The van der Waals surface area contributed by atoms with E-state index in [9.17, 15) is 9.59 Å². The average molecular weight is 380 g/mol. The van der Waals surface area contributed by atoms with Crippen LogP contribution in [0.25, 0.3) is 10.8 Å². The van der Waals surface area contributed by atoms with Crippen LogP contribution in [0, 0.1) is 6.92 Å². The van der Waals surface area contributed by atoms with E-state index in [-0.39, 0.29) is 18.0 Å². The van der Waals surface area contributed by atoms with Crippen LogP contribution in [0.15, 0.2) is 47.4 Å². The summed E-state index contributed by atoms with van der Waals surface area (Å²) in [4.78, 5) is 30.6. The summed E-state index contributed by atoms with van der Waals surface area (Å²) >= 11 is 0. The van der Waals surface area contributed by atoms with Crippen LogP contribution in [-0.2, 0) is 16.1 Å². The van der Waals surface area contributed by atoms with Crippen molar-refractivity contribution in [1.82, 2.24) is 9.78 Å². The van der Waals surface area contributed by atoms with Crippen molar-refractivity contribution in [2.24, 2.45) is 0 Å². The first kappa shape index (κ1) is 18.1. The van der Waals surface area contributed by atoms with Gasteiger partial charge in [-0.2, -0.15) is 5.10 Å². The van der Waals surface area contributed by atoms with Crippen LogP contribution >= 0.6 is 0 Å². The van der Waals surface area contributed by atoms with Gasteiger partial charge in [-0.05, 0) is 25.1 Å². The Morgan fingerprint density at radius 1 is 1.18 bits per heavy atom. The minimum atomic E-state index is -0.307. The number of anilines is 2. The predicted molar refractivity (Wildman–Crippen MR) is 105 cm³/mol. The van der Waals surface area contributed by atoms with E-state index in [4.69, 9.17) is 4.74 Å². The number of aromatic nitrogens is 3. The van der Waals surface area contributed by atoms with E-state index < -0.39 is 0 Å². The number of carbonyl (C=O) groups is 1. The number of hydrogen-bond acceptors (Lipinski definition) is 5. The molecule has 1 aromatic carbocycles. The molecule has 0 atom stereocenters. The highest BCUT2D eigenvalue weighted by Gasteiger charge is 2.23. The number of nitrogens with zero attached hydrogens (tertiary/aromatic N) is 3. The van der Waals surface area contributed by atoms with Crippen LogP contribution in [0.5, 0.6) is 0 Å². The number of nitrogens with one attached hydrogen (secondary N) is 2. The number of ether oxygens (including phenoxy) is 1. The number of benzene rings is 1. The molecule has 28 heavy (non-hydrogen) atoms. The molecule has 0 radical (unpaired) electrons. The van der Waals surface area contributed by atoms with Crippen molar-refractivity contribution in [3.63, 3.8) is 0 Å². The molecular formula is C20H22N5O3+. The standard InChI is InChI=1S/C20H21N5O3/c1-14-15-5-2-3-6-16(15)20(27)25(23-14)13-18(26)22-17-7-4-8-21-19(17)24-9-11-28-12-10-24/h2-8H,9-13H2,1H3,(H,22,26)/p+1. The van der Waals surface area contributed by atoms with Gasteiger partial charge in [0.05, 0.1) is 30.5 Å². The monoisotopic (exact) mass is 380 g/mol. The zero-order chi connectivity index (χ0) is 19.5. The Bertz CT molecular complexity index is 1070. The van der Waals surface area contributed by atoms with Crippen molar-refractivity contribution >= 4 is 28.2 Å². The summed E-state index contributed by atoms with van der Waals surface area (Å²) in [5, 5.41) is 8.56. The second kappa shape index (κ2) is 7.77. The fourth-order valence-electron chi connectivity index (χ4n) is 3.41. The number of fused-ring (bicyclic) bond motifs is 1. The number of pyridine rings is 1. The first-order valence-corrected chi connectivity index (χ1v) is 9.23. The summed E-state index contributed by atoms with van der Waals surface area (Å²) < 4.78 is 6.61. The van der Waals surface area contributed by atoms with E-state index in [0.717, 1.165) is 24.3 Å². The molecule has 8 heteroatoms. The van der Waals surface area contributed by atoms with Crippen molar-refractivity contribution in [2.45, 2.75) is 13.5 Å². The van der Waals surface area contributed by atoms with Crippen LogP contribution in [0.4, 0.5) is 11.5 Å². The quantitative estimate of drug-likeness (QED) is 0.729. The van der Waals surface area contributed by atoms with Gasteiger partial charge in [-0.25, -0.2) is 9.67 Å². The average Bonchev–Trinajstić information content (AvgIpc) is 2.73. The molecule has 1 aliphatic heterocycles. The molecule has 0 unspecified atom stereocenters. The van der Waals surface area contributed by atoms with Gasteiger partial charge in [0.15, 0.2) is 0 Å². The van der Waals surface area contributed by atoms with Gasteiger partial charge >= 0.3 is 0 Å². The minimum Gasteiger partial charge on any atom is -0.373 e. The summed E-state index contributed by atoms with van der Waals surface area (Å²) in [5.41, 5.74) is 1.11. The maximum Gasteiger partial charge on any atom is 0.298 e. The predicted octanol–water partition coefficient (Wildman–Crippen LogP) is 0.994. The fourth-order valence-corrected chi connectivity index (χ4v) is 3.41. The molecule has 1 amide bonds. The first-order valence-electron chi connectivity index (χ1n) is 9.23. The number of hydrogen-bond donors (Lipinski definition) is 1.